The maximum Gasteiger partial charge on any atom is 0.160 e. The Labute approximate surface area is 383 Å². The van der Waals surface area contributed by atoms with Crippen LogP contribution in [-0.4, -0.2) is 15.7 Å². The Kier molecular flexibility index (Phi) is 10.6. The van der Waals surface area contributed by atoms with Gasteiger partial charge in [-0.15, -0.1) is 0 Å². The second-order valence-electron chi connectivity index (χ2n) is 16.7. The fourth-order valence-corrected chi connectivity index (χ4v) is 8.96. The second-order valence-corrected chi connectivity index (χ2v) is 16.7. The van der Waals surface area contributed by atoms with E-state index in [9.17, 15) is 0 Å². The zero-order valence-corrected chi connectivity index (χ0v) is 37.0. The first-order valence-corrected chi connectivity index (χ1v) is 22.5. The number of nitrogens with zero attached hydrogens (tertiary/aromatic N) is 3. The molecule has 11 aromatic rings. The average Bonchev–Trinajstić information content (AvgIpc) is 3.96. The van der Waals surface area contributed by atoms with Crippen molar-refractivity contribution in [3.05, 3.63) is 229 Å². The number of fused-ring (bicyclic) bond motifs is 6. The largest absolute Gasteiger partial charge is 0.455 e. The Morgan fingerprint density at radius 1 is 0.485 bits per heavy atom. The van der Waals surface area contributed by atoms with Gasteiger partial charge in [0.15, 0.2) is 5.82 Å². The molecule has 5 heteroatoms. The van der Waals surface area contributed by atoms with Crippen molar-refractivity contribution >= 4 is 60.9 Å². The zero-order valence-electron chi connectivity index (χ0n) is 37.0. The second kappa shape index (κ2) is 17.3. The molecule has 5 nitrogen and oxygen atoms in total. The third-order valence-electron chi connectivity index (χ3n) is 12.5. The molecule has 0 bridgehead atoms. The Morgan fingerprint density at radius 3 is 1.65 bits per heavy atom. The van der Waals surface area contributed by atoms with Crippen LogP contribution in [0.25, 0.3) is 100 Å². The molecule has 0 aliphatic carbocycles. The predicted molar refractivity (Wildman–Crippen MR) is 274 cm³/mol. The average molecular weight is 852 g/mol. The molecule has 0 radical (unpaired) electrons. The van der Waals surface area contributed by atoms with Crippen molar-refractivity contribution in [2.75, 3.05) is 0 Å². The lowest BCUT2D eigenvalue weighted by molar-refractivity contribution is 0.658. The van der Waals surface area contributed by atoms with Gasteiger partial charge in [0, 0.05) is 49.4 Å². The van der Waals surface area contributed by atoms with Crippen LogP contribution in [0.3, 0.4) is 0 Å². The van der Waals surface area contributed by atoms with E-state index in [2.05, 4.69) is 160 Å². The van der Waals surface area contributed by atoms with E-state index in [4.69, 9.17) is 23.8 Å². The molecule has 0 N–H and O–H groups in total. The highest BCUT2D eigenvalue weighted by Gasteiger charge is 2.25. The quantitative estimate of drug-likeness (QED) is 0.129. The van der Waals surface area contributed by atoms with Gasteiger partial charge in [0.1, 0.15) is 22.3 Å². The molecule has 316 valence electrons. The summed E-state index contributed by atoms with van der Waals surface area (Å²) in [6.45, 7) is 6.50. The van der Waals surface area contributed by atoms with Gasteiger partial charge in [0.05, 0.1) is 28.4 Å². The highest BCUT2D eigenvalue weighted by molar-refractivity contribution is 6.26. The highest BCUT2D eigenvalue weighted by atomic mass is 16.3. The van der Waals surface area contributed by atoms with Gasteiger partial charge in [0.2, 0.25) is 0 Å². The lowest BCUT2D eigenvalue weighted by Gasteiger charge is -2.12. The van der Waals surface area contributed by atoms with Crippen molar-refractivity contribution in [1.29, 1.82) is 0 Å². The number of furan rings is 2. The van der Waals surface area contributed by atoms with Crippen LogP contribution in [0.15, 0.2) is 226 Å². The summed E-state index contributed by atoms with van der Waals surface area (Å²) >= 11 is 0. The first kappa shape index (κ1) is 40.4. The summed E-state index contributed by atoms with van der Waals surface area (Å²) in [5.41, 5.74) is 16.6. The summed E-state index contributed by atoms with van der Waals surface area (Å²) in [6, 6.07) is 68.8. The number of hydrogen-bond donors (Lipinski definition) is 0. The summed E-state index contributed by atoms with van der Waals surface area (Å²) in [6.07, 6.45) is 3.06. The van der Waals surface area contributed by atoms with Gasteiger partial charge in [-0.25, -0.2) is 15.0 Å². The van der Waals surface area contributed by atoms with Gasteiger partial charge in [-0.3, -0.25) is 0 Å². The number of aromatic nitrogens is 2. The van der Waals surface area contributed by atoms with Crippen LogP contribution in [0.4, 0.5) is 0 Å². The fraction of sp³-hybridized carbons (Fsp3) is 0.0656. The van der Waals surface area contributed by atoms with Crippen molar-refractivity contribution in [3.63, 3.8) is 0 Å². The maximum atomic E-state index is 7.25. The Hall–Kier alpha value is -8.41. The normalized spacial score (nSPS) is 12.7. The van der Waals surface area contributed by atoms with Crippen LogP contribution in [0.1, 0.15) is 43.9 Å². The Bertz CT molecular complexity index is 3600. The summed E-state index contributed by atoms with van der Waals surface area (Å²) in [4.78, 5) is 15.8. The van der Waals surface area contributed by atoms with E-state index < -0.39 is 0 Å². The SMILES string of the molecule is CC\C(C)=C(/N=C(\C=C(/C)c1ccccc1)c1cccc2c1oc1c(-c3ccccc3)c3oc4c(-c5cc(-c6ccccc6)nc(-c6ccccc6)n5)cccc4c3cc12)c1ccccc1. The Morgan fingerprint density at radius 2 is 1.02 bits per heavy atom. The molecular formula is C61H45N3O2. The number of aliphatic imine (C=N–C) groups is 1. The monoisotopic (exact) mass is 851 g/mol. The lowest BCUT2D eigenvalue weighted by atomic mass is 9.97. The summed E-state index contributed by atoms with van der Waals surface area (Å²) in [7, 11) is 0. The molecule has 0 atom stereocenters. The van der Waals surface area contributed by atoms with Crippen LogP contribution in [0.5, 0.6) is 0 Å². The minimum atomic E-state index is 0.651. The van der Waals surface area contributed by atoms with E-state index in [1.165, 1.54) is 5.57 Å². The van der Waals surface area contributed by atoms with Crippen molar-refractivity contribution < 1.29 is 8.83 Å². The molecule has 0 spiro atoms. The molecule has 3 heterocycles. The molecule has 11 rings (SSSR count). The molecule has 66 heavy (non-hydrogen) atoms. The molecule has 0 fully saturated rings. The molecule has 0 unspecified atom stereocenters. The molecule has 0 saturated carbocycles. The molecule has 8 aromatic carbocycles. The van der Waals surface area contributed by atoms with Crippen LogP contribution in [0, 0.1) is 0 Å². The van der Waals surface area contributed by atoms with E-state index in [1.807, 2.05) is 66.7 Å². The van der Waals surface area contributed by atoms with E-state index in [0.29, 0.717) is 5.82 Å². The van der Waals surface area contributed by atoms with Crippen molar-refractivity contribution in [2.24, 2.45) is 4.99 Å². The van der Waals surface area contributed by atoms with Crippen molar-refractivity contribution in [1.82, 2.24) is 9.97 Å². The maximum absolute atomic E-state index is 7.25. The van der Waals surface area contributed by atoms with E-state index in [-0.39, 0.29) is 0 Å². The minimum Gasteiger partial charge on any atom is -0.455 e. The smallest absolute Gasteiger partial charge is 0.160 e. The van der Waals surface area contributed by atoms with Crippen LogP contribution < -0.4 is 0 Å². The zero-order chi connectivity index (χ0) is 44.6. The number of para-hydroxylation sites is 2. The van der Waals surface area contributed by atoms with Crippen molar-refractivity contribution in [2.45, 2.75) is 27.2 Å². The molecule has 3 aromatic heterocycles. The number of hydrogen-bond acceptors (Lipinski definition) is 5. The van der Waals surface area contributed by atoms with Crippen molar-refractivity contribution in [3.8, 4) is 45.0 Å². The van der Waals surface area contributed by atoms with E-state index in [0.717, 1.165) is 123 Å². The third-order valence-corrected chi connectivity index (χ3v) is 12.5. The number of rotatable bonds is 10. The summed E-state index contributed by atoms with van der Waals surface area (Å²) < 4.78 is 14.4. The molecule has 0 amide bonds. The van der Waals surface area contributed by atoms with Gasteiger partial charge < -0.3 is 8.83 Å². The minimum absolute atomic E-state index is 0.651. The fourth-order valence-electron chi connectivity index (χ4n) is 8.96. The van der Waals surface area contributed by atoms with E-state index >= 15 is 0 Å². The topological polar surface area (TPSA) is 64.4 Å². The van der Waals surface area contributed by atoms with Gasteiger partial charge in [-0.2, -0.15) is 0 Å². The van der Waals surface area contributed by atoms with Gasteiger partial charge >= 0.3 is 0 Å². The lowest BCUT2D eigenvalue weighted by Crippen LogP contribution is -2.01. The van der Waals surface area contributed by atoms with Gasteiger partial charge in [-0.05, 0) is 72.9 Å². The molecule has 0 saturated heterocycles. The number of benzene rings is 8. The number of allylic oxidation sites excluding steroid dienone is 3. The third kappa shape index (κ3) is 7.40. The van der Waals surface area contributed by atoms with Crippen LogP contribution >= 0.6 is 0 Å². The summed E-state index contributed by atoms with van der Waals surface area (Å²) in [5, 5.41) is 3.98. The first-order chi connectivity index (χ1) is 32.5. The van der Waals surface area contributed by atoms with Crippen LogP contribution in [0.2, 0.25) is 0 Å². The van der Waals surface area contributed by atoms with E-state index in [1.54, 1.807) is 0 Å². The van der Waals surface area contributed by atoms with Gasteiger partial charge in [-0.1, -0.05) is 183 Å². The van der Waals surface area contributed by atoms with Crippen LogP contribution in [-0.2, 0) is 0 Å². The standard InChI is InChI=1S/C61H45N3O2/c1-4-39(2)56(44-28-16-8-17-29-44)62-53(36-40(3)41-22-10-5-11-23-41)48-34-20-32-46-50-37-51-47-33-21-35-49(58(47)66-60(51)55(59(50)65-57(46)48)43-26-14-7-15-27-43)54-38-52(42-24-12-6-13-25-42)63-61(64-54)45-30-18-9-19-31-45/h5-38H,4H2,1-3H3/b40-36+,56-39-,62-53+. The molecular weight excluding hydrogens is 807 g/mol. The summed E-state index contributed by atoms with van der Waals surface area (Å²) in [5.74, 6) is 0.651. The first-order valence-electron chi connectivity index (χ1n) is 22.5. The van der Waals surface area contributed by atoms with Gasteiger partial charge in [0.25, 0.3) is 0 Å². The Balaban J connectivity index is 1.17. The molecule has 0 aliphatic heterocycles. The molecule has 0 aliphatic rings. The predicted octanol–water partition coefficient (Wildman–Crippen LogP) is 16.7. The highest BCUT2D eigenvalue weighted by Crippen LogP contribution is 2.47.